The number of likely N-dealkylation sites (tertiary alicyclic amines) is 1. The SMILES string of the molecule is COc1ccc(OC)c(CC(=O)NCc2ccc(CN3CCCC(C)C3)cc2)c1. The Bertz CT molecular complexity index is 804. The van der Waals surface area contributed by atoms with E-state index in [1.54, 1.807) is 14.2 Å². The minimum Gasteiger partial charge on any atom is -0.497 e. The molecule has 0 spiro atoms. The molecule has 1 heterocycles. The van der Waals surface area contributed by atoms with Gasteiger partial charge < -0.3 is 14.8 Å². The number of methoxy groups -OCH3 is 2. The van der Waals surface area contributed by atoms with Crippen LogP contribution in [0.1, 0.15) is 36.5 Å². The van der Waals surface area contributed by atoms with E-state index in [0.717, 1.165) is 23.6 Å². The van der Waals surface area contributed by atoms with Gasteiger partial charge in [-0.05, 0) is 54.6 Å². The first kappa shape index (κ1) is 21.2. The lowest BCUT2D eigenvalue weighted by Crippen LogP contribution is -2.33. The first-order valence-electron chi connectivity index (χ1n) is 10.3. The van der Waals surface area contributed by atoms with E-state index in [4.69, 9.17) is 9.47 Å². The van der Waals surface area contributed by atoms with Crippen molar-refractivity contribution >= 4 is 5.91 Å². The molecule has 0 radical (unpaired) electrons. The van der Waals surface area contributed by atoms with Crippen molar-refractivity contribution in [3.05, 3.63) is 59.2 Å². The molecule has 156 valence electrons. The van der Waals surface area contributed by atoms with Crippen molar-refractivity contribution < 1.29 is 14.3 Å². The summed E-state index contributed by atoms with van der Waals surface area (Å²) in [6.45, 7) is 6.24. The van der Waals surface area contributed by atoms with Gasteiger partial charge in [0, 0.05) is 25.2 Å². The van der Waals surface area contributed by atoms with Gasteiger partial charge in [0.05, 0.1) is 20.6 Å². The number of nitrogens with zero attached hydrogens (tertiary/aromatic N) is 1. The number of benzene rings is 2. The maximum absolute atomic E-state index is 12.4. The summed E-state index contributed by atoms with van der Waals surface area (Å²) in [4.78, 5) is 14.9. The molecule has 0 bridgehead atoms. The Hall–Kier alpha value is -2.53. The highest BCUT2D eigenvalue weighted by molar-refractivity contribution is 5.79. The summed E-state index contributed by atoms with van der Waals surface area (Å²) in [5.41, 5.74) is 3.25. The van der Waals surface area contributed by atoms with Crippen LogP contribution in [-0.4, -0.2) is 38.1 Å². The highest BCUT2D eigenvalue weighted by Gasteiger charge is 2.16. The van der Waals surface area contributed by atoms with Crippen molar-refractivity contribution in [1.29, 1.82) is 0 Å². The van der Waals surface area contributed by atoms with E-state index in [1.165, 1.54) is 31.5 Å². The van der Waals surface area contributed by atoms with Gasteiger partial charge >= 0.3 is 0 Å². The van der Waals surface area contributed by atoms with Crippen molar-refractivity contribution in [3.8, 4) is 11.5 Å². The second-order valence-corrected chi connectivity index (χ2v) is 7.93. The van der Waals surface area contributed by atoms with Crippen LogP contribution in [0.15, 0.2) is 42.5 Å². The number of hydrogen-bond acceptors (Lipinski definition) is 4. The van der Waals surface area contributed by atoms with Crippen molar-refractivity contribution in [3.63, 3.8) is 0 Å². The third-order valence-electron chi connectivity index (χ3n) is 5.50. The van der Waals surface area contributed by atoms with Gasteiger partial charge in [0.1, 0.15) is 11.5 Å². The van der Waals surface area contributed by atoms with E-state index >= 15 is 0 Å². The van der Waals surface area contributed by atoms with Crippen LogP contribution < -0.4 is 14.8 Å². The number of rotatable bonds is 8. The number of carbonyl (C=O) groups excluding carboxylic acids is 1. The molecule has 1 unspecified atom stereocenters. The number of carbonyl (C=O) groups is 1. The minimum atomic E-state index is -0.0390. The molecule has 1 atom stereocenters. The van der Waals surface area contributed by atoms with E-state index in [-0.39, 0.29) is 12.3 Å². The average molecular weight is 397 g/mol. The molecule has 1 aliphatic heterocycles. The molecular formula is C24H32N2O3. The van der Waals surface area contributed by atoms with Crippen LogP contribution in [0.3, 0.4) is 0 Å². The van der Waals surface area contributed by atoms with Crippen LogP contribution in [-0.2, 0) is 24.3 Å². The summed E-state index contributed by atoms with van der Waals surface area (Å²) in [5.74, 6) is 2.16. The van der Waals surface area contributed by atoms with Crippen LogP contribution in [0.5, 0.6) is 11.5 Å². The zero-order valence-corrected chi connectivity index (χ0v) is 17.7. The molecule has 1 fully saturated rings. The number of nitrogens with one attached hydrogen (secondary N) is 1. The van der Waals surface area contributed by atoms with Gasteiger partial charge in [-0.25, -0.2) is 0 Å². The number of piperidine rings is 1. The first-order valence-corrected chi connectivity index (χ1v) is 10.3. The molecule has 2 aromatic carbocycles. The smallest absolute Gasteiger partial charge is 0.224 e. The molecule has 3 rings (SSSR count). The zero-order valence-electron chi connectivity index (χ0n) is 17.7. The quantitative estimate of drug-likeness (QED) is 0.738. The van der Waals surface area contributed by atoms with Crippen molar-refractivity contribution in [2.24, 2.45) is 5.92 Å². The standard InChI is InChI=1S/C24H32N2O3/c1-18-5-4-12-26(16-18)17-20-8-6-19(7-9-20)15-25-24(27)14-21-13-22(28-2)10-11-23(21)29-3/h6-11,13,18H,4-5,12,14-17H2,1-3H3,(H,25,27). The Morgan fingerprint density at radius 3 is 2.55 bits per heavy atom. The lowest BCUT2D eigenvalue weighted by Gasteiger charge is -2.30. The molecular weight excluding hydrogens is 364 g/mol. The maximum atomic E-state index is 12.4. The van der Waals surface area contributed by atoms with Gasteiger partial charge in [0.15, 0.2) is 0 Å². The fourth-order valence-electron chi connectivity index (χ4n) is 3.91. The lowest BCUT2D eigenvalue weighted by atomic mass is 9.99. The van der Waals surface area contributed by atoms with Crippen molar-refractivity contribution in [1.82, 2.24) is 10.2 Å². The Labute approximate surface area is 174 Å². The first-order chi connectivity index (χ1) is 14.1. The molecule has 0 saturated carbocycles. The molecule has 0 aliphatic carbocycles. The second kappa shape index (κ2) is 10.3. The molecule has 5 nitrogen and oxygen atoms in total. The Balaban J connectivity index is 1.50. The largest absolute Gasteiger partial charge is 0.497 e. The topological polar surface area (TPSA) is 50.8 Å². The molecule has 1 amide bonds. The van der Waals surface area contributed by atoms with Gasteiger partial charge in [0.2, 0.25) is 5.91 Å². The van der Waals surface area contributed by atoms with Crippen molar-refractivity contribution in [2.75, 3.05) is 27.3 Å². The highest BCUT2D eigenvalue weighted by atomic mass is 16.5. The summed E-state index contributed by atoms with van der Waals surface area (Å²) in [7, 11) is 3.22. The zero-order chi connectivity index (χ0) is 20.6. The molecule has 1 saturated heterocycles. The highest BCUT2D eigenvalue weighted by Crippen LogP contribution is 2.24. The van der Waals surface area contributed by atoms with E-state index < -0.39 is 0 Å². The van der Waals surface area contributed by atoms with E-state index in [9.17, 15) is 4.79 Å². The summed E-state index contributed by atoms with van der Waals surface area (Å²) >= 11 is 0. The molecule has 2 aromatic rings. The Morgan fingerprint density at radius 2 is 1.86 bits per heavy atom. The molecule has 5 heteroatoms. The average Bonchev–Trinajstić information content (AvgIpc) is 2.73. The predicted octanol–water partition coefficient (Wildman–Crippen LogP) is 3.79. The van der Waals surface area contributed by atoms with Crippen LogP contribution in [0.2, 0.25) is 0 Å². The fraction of sp³-hybridized carbons (Fsp3) is 0.458. The summed E-state index contributed by atoms with van der Waals surface area (Å²) in [5, 5.41) is 3.00. The second-order valence-electron chi connectivity index (χ2n) is 7.93. The minimum absolute atomic E-state index is 0.0390. The summed E-state index contributed by atoms with van der Waals surface area (Å²) < 4.78 is 10.6. The Kier molecular flexibility index (Phi) is 7.53. The summed E-state index contributed by atoms with van der Waals surface area (Å²) in [6.07, 6.45) is 2.89. The van der Waals surface area contributed by atoms with E-state index in [1.807, 2.05) is 18.2 Å². The molecule has 0 aromatic heterocycles. The molecule has 1 N–H and O–H groups in total. The van der Waals surface area contributed by atoms with Crippen LogP contribution in [0.25, 0.3) is 0 Å². The third kappa shape index (κ3) is 6.23. The van der Waals surface area contributed by atoms with Gasteiger partial charge in [-0.15, -0.1) is 0 Å². The van der Waals surface area contributed by atoms with Crippen LogP contribution in [0.4, 0.5) is 0 Å². The van der Waals surface area contributed by atoms with E-state index in [0.29, 0.717) is 18.0 Å². The van der Waals surface area contributed by atoms with Crippen LogP contribution >= 0.6 is 0 Å². The van der Waals surface area contributed by atoms with Gasteiger partial charge in [-0.1, -0.05) is 31.2 Å². The number of ether oxygens (including phenoxy) is 2. The van der Waals surface area contributed by atoms with Gasteiger partial charge in [-0.3, -0.25) is 9.69 Å². The normalized spacial score (nSPS) is 17.0. The monoisotopic (exact) mass is 396 g/mol. The number of hydrogen-bond donors (Lipinski definition) is 1. The Morgan fingerprint density at radius 1 is 1.10 bits per heavy atom. The predicted molar refractivity (Wildman–Crippen MR) is 115 cm³/mol. The fourth-order valence-corrected chi connectivity index (χ4v) is 3.91. The van der Waals surface area contributed by atoms with Crippen LogP contribution in [0, 0.1) is 5.92 Å². The lowest BCUT2D eigenvalue weighted by molar-refractivity contribution is -0.120. The third-order valence-corrected chi connectivity index (χ3v) is 5.50. The molecule has 29 heavy (non-hydrogen) atoms. The van der Waals surface area contributed by atoms with Gasteiger partial charge in [-0.2, -0.15) is 0 Å². The number of amides is 1. The van der Waals surface area contributed by atoms with E-state index in [2.05, 4.69) is 41.4 Å². The van der Waals surface area contributed by atoms with Gasteiger partial charge in [0.25, 0.3) is 0 Å². The maximum Gasteiger partial charge on any atom is 0.224 e. The summed E-state index contributed by atoms with van der Waals surface area (Å²) in [6, 6.07) is 14.0. The molecule has 1 aliphatic rings. The van der Waals surface area contributed by atoms with Crippen molar-refractivity contribution in [2.45, 2.75) is 39.3 Å².